The molecule has 0 atom stereocenters. The van der Waals surface area contributed by atoms with Crippen molar-refractivity contribution in [2.24, 2.45) is 0 Å². The Morgan fingerprint density at radius 2 is 1.88 bits per heavy atom. The summed E-state index contributed by atoms with van der Waals surface area (Å²) in [6, 6.07) is 3.33. The average molecular weight is 381 g/mol. The molecule has 2 aromatic rings. The molecule has 1 aromatic heterocycles. The van der Waals surface area contributed by atoms with Crippen LogP contribution in [0.25, 0.3) is 10.9 Å². The first-order chi connectivity index (χ1) is 12.3. The molecular formula is C17H23N3O5S. The van der Waals surface area contributed by atoms with Gasteiger partial charge in [0.1, 0.15) is 0 Å². The monoisotopic (exact) mass is 381 g/mol. The molecule has 0 bridgehead atoms. The number of aromatic nitrogens is 2. The maximum Gasteiger partial charge on any atom is 0.258 e. The Bertz CT molecular complexity index is 949. The molecule has 1 aliphatic rings. The summed E-state index contributed by atoms with van der Waals surface area (Å²) < 4.78 is 36.3. The maximum atomic E-state index is 12.0. The molecule has 1 fully saturated rings. The van der Waals surface area contributed by atoms with Crippen molar-refractivity contribution in [3.05, 3.63) is 28.8 Å². The van der Waals surface area contributed by atoms with Crippen molar-refractivity contribution < 1.29 is 17.9 Å². The second-order valence-electron chi connectivity index (χ2n) is 6.58. The Balaban J connectivity index is 1.76. The van der Waals surface area contributed by atoms with Crippen molar-refractivity contribution >= 4 is 20.9 Å². The fraction of sp³-hybridized carbons (Fsp3) is 0.529. The van der Waals surface area contributed by atoms with E-state index in [1.54, 1.807) is 26.3 Å². The van der Waals surface area contributed by atoms with Crippen LogP contribution in [0.3, 0.4) is 0 Å². The van der Waals surface area contributed by atoms with Gasteiger partial charge in [0.15, 0.2) is 11.5 Å². The van der Waals surface area contributed by atoms with Crippen LogP contribution in [-0.2, 0) is 10.0 Å². The molecule has 0 unspecified atom stereocenters. The lowest BCUT2D eigenvalue weighted by Gasteiger charge is -2.33. The lowest BCUT2D eigenvalue weighted by Crippen LogP contribution is -2.40. The van der Waals surface area contributed by atoms with Crippen LogP contribution in [0, 0.1) is 0 Å². The average Bonchev–Trinajstić information content (AvgIpc) is 2.61. The molecule has 3 rings (SSSR count). The van der Waals surface area contributed by atoms with E-state index in [1.165, 1.54) is 16.9 Å². The Hall–Kier alpha value is -2.13. The number of ether oxygens (including phenoxy) is 2. The van der Waals surface area contributed by atoms with Gasteiger partial charge in [-0.05, 0) is 31.7 Å². The number of benzene rings is 1. The Morgan fingerprint density at radius 3 is 2.50 bits per heavy atom. The zero-order valence-corrected chi connectivity index (χ0v) is 15.9. The number of fused-ring (bicyclic) bond motifs is 1. The second-order valence-corrected chi connectivity index (χ2v) is 8.62. The minimum absolute atomic E-state index is 0.00427. The van der Waals surface area contributed by atoms with E-state index in [4.69, 9.17) is 9.47 Å². The Morgan fingerprint density at radius 1 is 1.19 bits per heavy atom. The van der Waals surface area contributed by atoms with Crippen LogP contribution in [-0.4, -0.2) is 55.3 Å². The van der Waals surface area contributed by atoms with E-state index in [0.717, 1.165) is 25.7 Å². The number of aromatic amines is 1. The van der Waals surface area contributed by atoms with Gasteiger partial charge in [-0.1, -0.05) is 0 Å². The standard InChI is InChI=1S/C17H23N3O5S/c1-20(26(3,22)23)11-4-6-12(7-5-11)25-16-8-13-14(9-15(16)24-2)18-10-19-17(13)21/h8-12H,4-7H2,1-3H3,(H,18,19,21)/t11-,12+. The third-order valence-electron chi connectivity index (χ3n) is 4.90. The predicted molar refractivity (Wildman–Crippen MR) is 98.2 cm³/mol. The molecule has 9 heteroatoms. The molecule has 0 aliphatic heterocycles. The minimum Gasteiger partial charge on any atom is -0.493 e. The van der Waals surface area contributed by atoms with Gasteiger partial charge in [0.25, 0.3) is 5.56 Å². The van der Waals surface area contributed by atoms with Crippen LogP contribution in [0.4, 0.5) is 0 Å². The summed E-state index contributed by atoms with van der Waals surface area (Å²) in [5.41, 5.74) is 0.303. The van der Waals surface area contributed by atoms with E-state index < -0.39 is 10.0 Å². The van der Waals surface area contributed by atoms with Crippen LogP contribution in [0.1, 0.15) is 25.7 Å². The van der Waals surface area contributed by atoms with E-state index in [9.17, 15) is 13.2 Å². The summed E-state index contributed by atoms with van der Waals surface area (Å²) >= 11 is 0. The first kappa shape index (κ1) is 18.7. The van der Waals surface area contributed by atoms with Crippen molar-refractivity contribution in [3.8, 4) is 11.5 Å². The minimum atomic E-state index is -3.19. The maximum absolute atomic E-state index is 12.0. The highest BCUT2D eigenvalue weighted by atomic mass is 32.2. The van der Waals surface area contributed by atoms with Gasteiger partial charge >= 0.3 is 0 Å². The number of hydrogen-bond donors (Lipinski definition) is 1. The van der Waals surface area contributed by atoms with E-state index in [0.29, 0.717) is 22.4 Å². The van der Waals surface area contributed by atoms with Crippen molar-refractivity contribution in [3.63, 3.8) is 0 Å². The molecule has 142 valence electrons. The van der Waals surface area contributed by atoms with Crippen molar-refractivity contribution in [1.29, 1.82) is 0 Å². The molecule has 1 saturated carbocycles. The highest BCUT2D eigenvalue weighted by Crippen LogP contribution is 2.34. The van der Waals surface area contributed by atoms with Gasteiger partial charge in [-0.3, -0.25) is 4.79 Å². The lowest BCUT2D eigenvalue weighted by molar-refractivity contribution is 0.122. The van der Waals surface area contributed by atoms with Crippen LogP contribution >= 0.6 is 0 Å². The summed E-state index contributed by atoms with van der Waals surface area (Å²) in [5, 5.41) is 0.439. The van der Waals surface area contributed by atoms with Crippen LogP contribution in [0.5, 0.6) is 11.5 Å². The quantitative estimate of drug-likeness (QED) is 0.842. The van der Waals surface area contributed by atoms with Gasteiger partial charge in [-0.25, -0.2) is 17.7 Å². The van der Waals surface area contributed by atoms with Gasteiger partial charge in [0.05, 0.1) is 36.7 Å². The molecule has 26 heavy (non-hydrogen) atoms. The summed E-state index contributed by atoms with van der Waals surface area (Å²) in [4.78, 5) is 18.7. The lowest BCUT2D eigenvalue weighted by atomic mass is 9.93. The summed E-state index contributed by atoms with van der Waals surface area (Å²) in [7, 11) is -0.0325. The highest BCUT2D eigenvalue weighted by molar-refractivity contribution is 7.88. The largest absolute Gasteiger partial charge is 0.493 e. The van der Waals surface area contributed by atoms with E-state index in [-0.39, 0.29) is 17.7 Å². The first-order valence-electron chi connectivity index (χ1n) is 8.44. The molecule has 1 heterocycles. The number of methoxy groups -OCH3 is 1. The normalized spacial score (nSPS) is 21.1. The smallest absolute Gasteiger partial charge is 0.258 e. The number of nitrogens with zero attached hydrogens (tertiary/aromatic N) is 2. The predicted octanol–water partition coefficient (Wildman–Crippen LogP) is 1.51. The van der Waals surface area contributed by atoms with Gasteiger partial charge in [-0.2, -0.15) is 0 Å². The molecule has 1 N–H and O–H groups in total. The summed E-state index contributed by atoms with van der Waals surface area (Å²) in [6.45, 7) is 0. The van der Waals surface area contributed by atoms with Gasteiger partial charge in [-0.15, -0.1) is 0 Å². The summed E-state index contributed by atoms with van der Waals surface area (Å²) in [6.07, 6.45) is 5.44. The molecular weight excluding hydrogens is 358 g/mol. The van der Waals surface area contributed by atoms with E-state index in [2.05, 4.69) is 9.97 Å². The fourth-order valence-corrected chi connectivity index (χ4v) is 4.06. The third kappa shape index (κ3) is 3.83. The van der Waals surface area contributed by atoms with Crippen LogP contribution in [0.15, 0.2) is 23.3 Å². The topological polar surface area (TPSA) is 102 Å². The van der Waals surface area contributed by atoms with Gasteiger partial charge in [0.2, 0.25) is 10.0 Å². The number of nitrogens with one attached hydrogen (secondary N) is 1. The van der Waals surface area contributed by atoms with E-state index in [1.807, 2.05) is 0 Å². The zero-order chi connectivity index (χ0) is 18.9. The van der Waals surface area contributed by atoms with Crippen molar-refractivity contribution in [1.82, 2.24) is 14.3 Å². The van der Waals surface area contributed by atoms with E-state index >= 15 is 0 Å². The molecule has 0 saturated heterocycles. The Labute approximate surface area is 152 Å². The molecule has 8 nitrogen and oxygen atoms in total. The number of hydrogen-bond acceptors (Lipinski definition) is 6. The first-order valence-corrected chi connectivity index (χ1v) is 10.3. The molecule has 0 radical (unpaired) electrons. The molecule has 0 amide bonds. The Kier molecular flexibility index (Phi) is 5.19. The third-order valence-corrected chi connectivity index (χ3v) is 6.24. The fourth-order valence-electron chi connectivity index (χ4n) is 3.30. The SMILES string of the molecule is COc1cc2nc[nH]c(=O)c2cc1O[C@H]1CC[C@@H](N(C)S(C)(=O)=O)CC1. The number of sulfonamides is 1. The van der Waals surface area contributed by atoms with Crippen LogP contribution < -0.4 is 15.0 Å². The molecule has 1 aromatic carbocycles. The van der Waals surface area contributed by atoms with Gasteiger partial charge in [0, 0.05) is 19.2 Å². The molecule has 0 spiro atoms. The number of rotatable bonds is 5. The molecule has 1 aliphatic carbocycles. The second kappa shape index (κ2) is 7.24. The van der Waals surface area contributed by atoms with Gasteiger partial charge < -0.3 is 14.5 Å². The zero-order valence-electron chi connectivity index (χ0n) is 15.1. The number of H-pyrrole nitrogens is 1. The highest BCUT2D eigenvalue weighted by Gasteiger charge is 2.29. The van der Waals surface area contributed by atoms with Crippen molar-refractivity contribution in [2.75, 3.05) is 20.4 Å². The summed E-state index contributed by atoms with van der Waals surface area (Å²) in [5.74, 6) is 1.02. The van der Waals surface area contributed by atoms with Crippen LogP contribution in [0.2, 0.25) is 0 Å². The van der Waals surface area contributed by atoms with Crippen molar-refractivity contribution in [2.45, 2.75) is 37.8 Å².